The fraction of sp³-hybridized carbons (Fsp3) is 0.231. The van der Waals surface area contributed by atoms with E-state index in [1.165, 1.54) is 7.05 Å². The molecule has 0 aliphatic rings. The fourth-order valence-corrected chi connectivity index (χ4v) is 3.81. The lowest BCUT2D eigenvalue weighted by Crippen LogP contribution is -2.27. The van der Waals surface area contributed by atoms with Crippen molar-refractivity contribution in [3.05, 3.63) is 78.4 Å². The second-order valence-electron chi connectivity index (χ2n) is 8.96. The van der Waals surface area contributed by atoms with E-state index in [0.717, 1.165) is 10.6 Å². The van der Waals surface area contributed by atoms with E-state index in [1.807, 2.05) is 12.1 Å². The third kappa shape index (κ3) is 6.83. The third-order valence-corrected chi connectivity index (χ3v) is 6.18. The normalized spacial score (nSPS) is 11.5. The van der Waals surface area contributed by atoms with Crippen molar-refractivity contribution in [3.8, 4) is 11.1 Å². The summed E-state index contributed by atoms with van der Waals surface area (Å²) in [6.45, 7) is 5.32. The van der Waals surface area contributed by atoms with Crippen molar-refractivity contribution in [3.63, 3.8) is 0 Å². The van der Waals surface area contributed by atoms with Crippen LogP contribution in [0.3, 0.4) is 0 Å². The average Bonchev–Trinajstić information content (AvgIpc) is 2.77. The summed E-state index contributed by atoms with van der Waals surface area (Å²) < 4.78 is 30.9. The van der Waals surface area contributed by atoms with E-state index in [2.05, 4.69) is 10.6 Å². The van der Waals surface area contributed by atoms with Gasteiger partial charge in [0, 0.05) is 18.2 Å². The average molecular weight is 496 g/mol. The number of carbonyl (C=O) groups excluding carboxylic acids is 2. The van der Waals surface area contributed by atoms with Gasteiger partial charge < -0.3 is 10.1 Å². The van der Waals surface area contributed by atoms with E-state index in [9.17, 15) is 18.0 Å². The number of amides is 2. The molecule has 9 heteroatoms. The number of sulfonamides is 1. The smallest absolute Gasteiger partial charge is 0.412 e. The van der Waals surface area contributed by atoms with Gasteiger partial charge in [0.15, 0.2) is 0 Å². The molecule has 0 aliphatic carbocycles. The standard InChI is InChI=1S/C26H29N3O5S/c1-26(2,3)34-25(31)28-21-14-10-9-13-20(21)19-15-16-23(29(4)35(5,32)33)22(17-19)27-24(30)18-11-7-6-8-12-18/h6-17H,1-5H3,(H,27,30)(H,28,31). The maximum absolute atomic E-state index is 12.9. The van der Waals surface area contributed by atoms with Crippen molar-refractivity contribution < 1.29 is 22.7 Å². The van der Waals surface area contributed by atoms with Gasteiger partial charge in [0.2, 0.25) is 10.0 Å². The van der Waals surface area contributed by atoms with Crippen LogP contribution in [0, 0.1) is 0 Å². The van der Waals surface area contributed by atoms with Gasteiger partial charge >= 0.3 is 6.09 Å². The van der Waals surface area contributed by atoms with Gasteiger partial charge in [-0.15, -0.1) is 0 Å². The number of benzene rings is 3. The Labute approximate surface area is 206 Å². The summed E-state index contributed by atoms with van der Waals surface area (Å²) in [6, 6.07) is 20.8. The van der Waals surface area contributed by atoms with Crippen LogP contribution in [0.5, 0.6) is 0 Å². The van der Waals surface area contributed by atoms with E-state index in [4.69, 9.17) is 4.74 Å². The Bertz CT molecular complexity index is 1330. The second-order valence-corrected chi connectivity index (χ2v) is 11.0. The van der Waals surface area contributed by atoms with Crippen LogP contribution < -0.4 is 14.9 Å². The van der Waals surface area contributed by atoms with Crippen LogP contribution in [0.25, 0.3) is 11.1 Å². The molecular formula is C26H29N3O5S. The van der Waals surface area contributed by atoms with Crippen LogP contribution in [-0.2, 0) is 14.8 Å². The number of rotatable bonds is 6. The Morgan fingerprint density at radius 2 is 1.49 bits per heavy atom. The lowest BCUT2D eigenvalue weighted by atomic mass is 10.0. The van der Waals surface area contributed by atoms with Crippen molar-refractivity contribution in [2.24, 2.45) is 0 Å². The first-order chi connectivity index (χ1) is 16.3. The summed E-state index contributed by atoms with van der Waals surface area (Å²) in [6.07, 6.45) is 0.486. The van der Waals surface area contributed by atoms with Crippen LogP contribution in [-0.4, -0.2) is 39.3 Å². The van der Waals surface area contributed by atoms with Crippen LogP contribution in [0.2, 0.25) is 0 Å². The summed E-state index contributed by atoms with van der Waals surface area (Å²) in [5.41, 5.74) is 2.21. The number of hydrogen-bond acceptors (Lipinski definition) is 5. The fourth-order valence-electron chi connectivity index (χ4n) is 3.30. The summed E-state index contributed by atoms with van der Waals surface area (Å²) in [5.74, 6) is -0.383. The first-order valence-electron chi connectivity index (χ1n) is 10.9. The minimum atomic E-state index is -3.59. The number of ether oxygens (including phenoxy) is 1. The molecular weight excluding hydrogens is 466 g/mol. The first-order valence-corrected chi connectivity index (χ1v) is 12.7. The van der Waals surface area contributed by atoms with E-state index >= 15 is 0 Å². The molecule has 35 heavy (non-hydrogen) atoms. The molecule has 0 saturated heterocycles. The van der Waals surface area contributed by atoms with Gasteiger partial charge in [0.1, 0.15) is 5.60 Å². The molecule has 0 aromatic heterocycles. The monoisotopic (exact) mass is 495 g/mol. The molecule has 3 aromatic rings. The van der Waals surface area contributed by atoms with E-state index in [-0.39, 0.29) is 5.91 Å². The van der Waals surface area contributed by atoms with Crippen molar-refractivity contribution in [1.29, 1.82) is 0 Å². The summed E-state index contributed by atoms with van der Waals surface area (Å²) in [4.78, 5) is 25.3. The molecule has 0 aliphatic heterocycles. The third-order valence-electron chi connectivity index (χ3n) is 4.99. The molecule has 0 spiro atoms. The Morgan fingerprint density at radius 1 is 0.857 bits per heavy atom. The summed E-state index contributed by atoms with van der Waals surface area (Å²) in [7, 11) is -2.17. The molecule has 0 unspecified atom stereocenters. The predicted octanol–water partition coefficient (Wildman–Crippen LogP) is 5.35. The van der Waals surface area contributed by atoms with Crippen molar-refractivity contribution in [1.82, 2.24) is 0 Å². The SMILES string of the molecule is CN(c1ccc(-c2ccccc2NC(=O)OC(C)(C)C)cc1NC(=O)c1ccccc1)S(C)(=O)=O. The Morgan fingerprint density at radius 3 is 2.11 bits per heavy atom. The van der Waals surface area contributed by atoms with Crippen LogP contribution >= 0.6 is 0 Å². The maximum Gasteiger partial charge on any atom is 0.412 e. The lowest BCUT2D eigenvalue weighted by Gasteiger charge is -2.22. The topological polar surface area (TPSA) is 105 Å². The van der Waals surface area contributed by atoms with Crippen LogP contribution in [0.1, 0.15) is 31.1 Å². The molecule has 0 radical (unpaired) electrons. The highest BCUT2D eigenvalue weighted by atomic mass is 32.2. The highest BCUT2D eigenvalue weighted by Gasteiger charge is 2.21. The Balaban J connectivity index is 2.04. The zero-order valence-electron chi connectivity index (χ0n) is 20.3. The number of nitrogens with zero attached hydrogens (tertiary/aromatic N) is 1. The second kappa shape index (κ2) is 10.2. The Hall–Kier alpha value is -3.85. The number of anilines is 3. The highest BCUT2D eigenvalue weighted by molar-refractivity contribution is 7.92. The van der Waals surface area contributed by atoms with Gasteiger partial charge in [0.05, 0.1) is 23.3 Å². The largest absolute Gasteiger partial charge is 0.444 e. The minimum Gasteiger partial charge on any atom is -0.444 e. The quantitative estimate of drug-likeness (QED) is 0.480. The number of hydrogen-bond donors (Lipinski definition) is 2. The van der Waals surface area contributed by atoms with Crippen molar-refractivity contribution in [2.45, 2.75) is 26.4 Å². The van der Waals surface area contributed by atoms with Crippen molar-refractivity contribution >= 4 is 39.1 Å². The number of nitrogens with one attached hydrogen (secondary N) is 2. The molecule has 0 atom stereocenters. The lowest BCUT2D eigenvalue weighted by molar-refractivity contribution is 0.0635. The molecule has 3 aromatic carbocycles. The van der Waals surface area contributed by atoms with E-state index < -0.39 is 21.7 Å². The van der Waals surface area contributed by atoms with Crippen LogP contribution in [0.15, 0.2) is 72.8 Å². The minimum absolute atomic E-state index is 0.302. The summed E-state index contributed by atoms with van der Waals surface area (Å²) >= 11 is 0. The van der Waals surface area contributed by atoms with E-state index in [1.54, 1.807) is 81.4 Å². The molecule has 3 rings (SSSR count). The highest BCUT2D eigenvalue weighted by Crippen LogP contribution is 2.35. The summed E-state index contributed by atoms with van der Waals surface area (Å²) in [5, 5.41) is 5.58. The Kier molecular flexibility index (Phi) is 7.50. The zero-order chi connectivity index (χ0) is 25.8. The maximum atomic E-state index is 12.9. The first kappa shape index (κ1) is 25.8. The molecule has 2 N–H and O–H groups in total. The molecule has 2 amide bonds. The van der Waals surface area contributed by atoms with Crippen LogP contribution in [0.4, 0.5) is 21.9 Å². The molecule has 184 valence electrons. The van der Waals surface area contributed by atoms with Gasteiger partial charge in [-0.2, -0.15) is 0 Å². The number of para-hydroxylation sites is 1. The molecule has 0 saturated carbocycles. The molecule has 8 nitrogen and oxygen atoms in total. The number of carbonyl (C=O) groups is 2. The van der Waals surface area contributed by atoms with Gasteiger partial charge in [-0.05, 0) is 56.7 Å². The predicted molar refractivity (Wildman–Crippen MR) is 139 cm³/mol. The molecule has 0 bridgehead atoms. The zero-order valence-corrected chi connectivity index (χ0v) is 21.1. The van der Waals surface area contributed by atoms with Gasteiger partial charge in [-0.3, -0.25) is 14.4 Å². The van der Waals surface area contributed by atoms with E-state index in [0.29, 0.717) is 33.8 Å². The van der Waals surface area contributed by atoms with Gasteiger partial charge in [0.25, 0.3) is 5.91 Å². The van der Waals surface area contributed by atoms with Crippen molar-refractivity contribution in [2.75, 3.05) is 28.2 Å². The molecule has 0 fully saturated rings. The molecule has 0 heterocycles. The van der Waals surface area contributed by atoms with Gasteiger partial charge in [-0.25, -0.2) is 13.2 Å². The van der Waals surface area contributed by atoms with Gasteiger partial charge in [-0.1, -0.05) is 42.5 Å².